The Morgan fingerprint density at radius 2 is 2.25 bits per heavy atom. The summed E-state index contributed by atoms with van der Waals surface area (Å²) in [4.78, 5) is 5.23. The van der Waals surface area contributed by atoms with Crippen molar-refractivity contribution >= 4 is 43.1 Å². The van der Waals surface area contributed by atoms with E-state index in [-0.39, 0.29) is 4.90 Å². The molecule has 5 nitrogen and oxygen atoms in total. The van der Waals surface area contributed by atoms with Gasteiger partial charge in [-0.15, -0.1) is 11.3 Å². The number of nitrogens with zero attached hydrogens (tertiary/aromatic N) is 2. The minimum absolute atomic E-state index is 0.161. The summed E-state index contributed by atoms with van der Waals surface area (Å²) in [5.41, 5.74) is 0. The Morgan fingerprint density at radius 1 is 1.50 bits per heavy atom. The maximum absolute atomic E-state index is 12.6. The Kier molecular flexibility index (Phi) is 4.79. The lowest BCUT2D eigenvalue weighted by Crippen LogP contribution is -2.27. The summed E-state index contributed by atoms with van der Waals surface area (Å²) in [5.74, 6) is 0.339. The van der Waals surface area contributed by atoms with Gasteiger partial charge >= 0.3 is 0 Å². The van der Waals surface area contributed by atoms with Crippen molar-refractivity contribution in [3.8, 4) is 0 Å². The van der Waals surface area contributed by atoms with Crippen LogP contribution < -0.4 is 5.32 Å². The molecule has 0 aliphatic rings. The molecule has 1 N–H and O–H groups in total. The molecule has 0 aliphatic carbocycles. The normalized spacial score (nSPS) is 11.8. The molecule has 2 rings (SSSR count). The van der Waals surface area contributed by atoms with Crippen LogP contribution in [0.1, 0.15) is 4.88 Å². The van der Waals surface area contributed by atoms with E-state index in [1.54, 1.807) is 26.4 Å². The predicted octanol–water partition coefficient (Wildman–Crippen LogP) is 2.77. The fraction of sp³-hybridized carbons (Fsp3) is 0.250. The summed E-state index contributed by atoms with van der Waals surface area (Å²) in [5, 5.41) is 4.73. The van der Waals surface area contributed by atoms with E-state index in [9.17, 15) is 8.42 Å². The van der Waals surface area contributed by atoms with Crippen molar-refractivity contribution in [3.63, 3.8) is 0 Å². The highest BCUT2D eigenvalue weighted by Gasteiger charge is 2.25. The van der Waals surface area contributed by atoms with E-state index in [4.69, 9.17) is 0 Å². The molecule has 0 saturated carbocycles. The molecule has 20 heavy (non-hydrogen) atoms. The van der Waals surface area contributed by atoms with Gasteiger partial charge in [-0.1, -0.05) is 6.07 Å². The monoisotopic (exact) mass is 375 g/mol. The van der Waals surface area contributed by atoms with Crippen molar-refractivity contribution in [2.24, 2.45) is 0 Å². The zero-order chi connectivity index (χ0) is 14.8. The topological polar surface area (TPSA) is 62.3 Å². The lowest BCUT2D eigenvalue weighted by Gasteiger charge is -2.18. The zero-order valence-electron chi connectivity index (χ0n) is 11.0. The van der Waals surface area contributed by atoms with E-state index in [1.165, 1.54) is 15.6 Å². The Balaban J connectivity index is 2.36. The maximum atomic E-state index is 12.6. The van der Waals surface area contributed by atoms with E-state index in [0.29, 0.717) is 16.8 Å². The van der Waals surface area contributed by atoms with Gasteiger partial charge < -0.3 is 5.32 Å². The summed E-state index contributed by atoms with van der Waals surface area (Å²) >= 11 is 4.79. The second-order valence-corrected chi connectivity index (χ2v) is 8.05. The largest absolute Gasteiger partial charge is 0.372 e. The number of nitrogens with one attached hydrogen (secondary N) is 1. The number of thiophene rings is 1. The van der Waals surface area contributed by atoms with Crippen LogP contribution >= 0.6 is 27.3 Å². The van der Waals surface area contributed by atoms with E-state index in [0.717, 1.165) is 4.88 Å². The Labute approximate surface area is 130 Å². The average molecular weight is 376 g/mol. The molecule has 0 radical (unpaired) electrons. The molecule has 0 unspecified atom stereocenters. The van der Waals surface area contributed by atoms with Crippen LogP contribution in [-0.2, 0) is 16.6 Å². The SMILES string of the molecule is CNc1ncc(Br)cc1S(=O)(=O)N(C)Cc1cccs1. The highest BCUT2D eigenvalue weighted by molar-refractivity contribution is 9.10. The molecule has 8 heteroatoms. The summed E-state index contributed by atoms with van der Waals surface area (Å²) in [6.45, 7) is 0.343. The van der Waals surface area contributed by atoms with Crippen molar-refractivity contribution < 1.29 is 8.42 Å². The first-order valence-corrected chi connectivity index (χ1v) is 8.88. The van der Waals surface area contributed by atoms with Crippen molar-refractivity contribution in [3.05, 3.63) is 39.1 Å². The van der Waals surface area contributed by atoms with Crippen molar-refractivity contribution in [2.45, 2.75) is 11.4 Å². The van der Waals surface area contributed by atoms with Gasteiger partial charge in [-0.2, -0.15) is 4.31 Å². The van der Waals surface area contributed by atoms with Gasteiger partial charge in [0.15, 0.2) is 0 Å². The van der Waals surface area contributed by atoms with Crippen molar-refractivity contribution in [2.75, 3.05) is 19.4 Å². The van der Waals surface area contributed by atoms with Gasteiger partial charge in [-0.3, -0.25) is 0 Å². The molecule has 0 aliphatic heterocycles. The highest BCUT2D eigenvalue weighted by Crippen LogP contribution is 2.26. The first kappa shape index (κ1) is 15.4. The van der Waals surface area contributed by atoms with Gasteiger partial charge in [0.25, 0.3) is 0 Å². The number of pyridine rings is 1. The number of anilines is 1. The molecule has 2 aromatic rings. The summed E-state index contributed by atoms with van der Waals surface area (Å²) in [6, 6.07) is 5.37. The van der Waals surface area contributed by atoms with Crippen LogP contribution in [0.2, 0.25) is 0 Å². The minimum atomic E-state index is -3.60. The van der Waals surface area contributed by atoms with Gasteiger partial charge in [-0.05, 0) is 33.4 Å². The molecule has 2 heterocycles. The first-order valence-electron chi connectivity index (χ1n) is 5.77. The minimum Gasteiger partial charge on any atom is -0.372 e. The summed E-state index contributed by atoms with van der Waals surface area (Å²) in [7, 11) is -0.383. The third kappa shape index (κ3) is 3.20. The van der Waals surface area contributed by atoms with Crippen LogP contribution in [0.4, 0.5) is 5.82 Å². The first-order chi connectivity index (χ1) is 9.45. The zero-order valence-corrected chi connectivity index (χ0v) is 14.2. The molecule has 2 aromatic heterocycles. The molecule has 0 amide bonds. The van der Waals surface area contributed by atoms with Gasteiger partial charge in [0.05, 0.1) is 0 Å². The van der Waals surface area contributed by atoms with Crippen molar-refractivity contribution in [1.29, 1.82) is 0 Å². The Bertz CT molecular complexity index is 687. The molecule has 0 atom stereocenters. The van der Waals surface area contributed by atoms with Crippen LogP contribution in [0.15, 0.2) is 39.1 Å². The number of halogens is 1. The van der Waals surface area contributed by atoms with E-state index in [1.807, 2.05) is 17.5 Å². The molecule has 0 aromatic carbocycles. The van der Waals surface area contributed by atoms with Crippen LogP contribution in [0.3, 0.4) is 0 Å². The van der Waals surface area contributed by atoms with Gasteiger partial charge in [-0.25, -0.2) is 13.4 Å². The van der Waals surface area contributed by atoms with Gasteiger partial charge in [0.1, 0.15) is 10.7 Å². The molecule has 0 saturated heterocycles. The standard InChI is InChI=1S/C12H14BrN3O2S2/c1-14-12-11(6-9(13)7-15-12)20(17,18)16(2)8-10-4-3-5-19-10/h3-7H,8H2,1-2H3,(H,14,15). The van der Waals surface area contributed by atoms with E-state index >= 15 is 0 Å². The average Bonchev–Trinajstić information content (AvgIpc) is 2.91. The molecular formula is C12H14BrN3O2S2. The molecule has 108 valence electrons. The van der Waals surface area contributed by atoms with Crippen LogP contribution in [0.25, 0.3) is 0 Å². The fourth-order valence-electron chi connectivity index (χ4n) is 1.68. The number of sulfonamides is 1. The van der Waals surface area contributed by atoms with Gasteiger partial charge in [0.2, 0.25) is 10.0 Å². The molecular weight excluding hydrogens is 362 g/mol. The predicted molar refractivity (Wildman–Crippen MR) is 84.5 cm³/mol. The summed E-state index contributed by atoms with van der Waals surface area (Å²) < 4.78 is 27.2. The maximum Gasteiger partial charge on any atom is 0.246 e. The van der Waals surface area contributed by atoms with Crippen LogP contribution in [0.5, 0.6) is 0 Å². The third-order valence-electron chi connectivity index (χ3n) is 2.70. The lowest BCUT2D eigenvalue weighted by molar-refractivity contribution is 0.469. The Hall–Kier alpha value is -0.960. The Morgan fingerprint density at radius 3 is 2.85 bits per heavy atom. The van der Waals surface area contributed by atoms with Crippen molar-refractivity contribution in [1.82, 2.24) is 9.29 Å². The second kappa shape index (κ2) is 6.21. The quantitative estimate of drug-likeness (QED) is 0.872. The number of hydrogen-bond acceptors (Lipinski definition) is 5. The molecule has 0 spiro atoms. The lowest BCUT2D eigenvalue weighted by atomic mass is 10.4. The van der Waals surface area contributed by atoms with Gasteiger partial charge in [0, 0.05) is 36.2 Å². The number of rotatable bonds is 5. The van der Waals surface area contributed by atoms with E-state index in [2.05, 4.69) is 26.2 Å². The number of hydrogen-bond donors (Lipinski definition) is 1. The second-order valence-electron chi connectivity index (χ2n) is 4.09. The number of aromatic nitrogens is 1. The van der Waals surface area contributed by atoms with E-state index < -0.39 is 10.0 Å². The highest BCUT2D eigenvalue weighted by atomic mass is 79.9. The molecule has 0 bridgehead atoms. The summed E-state index contributed by atoms with van der Waals surface area (Å²) in [6.07, 6.45) is 1.56. The van der Waals surface area contributed by atoms with Crippen LogP contribution in [-0.4, -0.2) is 31.8 Å². The molecule has 0 fully saturated rings. The fourth-order valence-corrected chi connectivity index (χ4v) is 4.32. The smallest absolute Gasteiger partial charge is 0.246 e. The third-order valence-corrected chi connectivity index (χ3v) is 5.81. The van der Waals surface area contributed by atoms with Crippen LogP contribution in [0, 0.1) is 0 Å².